The van der Waals surface area contributed by atoms with Gasteiger partial charge in [-0.25, -0.2) is 0 Å². The van der Waals surface area contributed by atoms with Crippen molar-refractivity contribution in [1.29, 1.82) is 0 Å². The fraction of sp³-hybridized carbons (Fsp3) is 0.0968. The molecule has 0 amide bonds. The molecule has 0 spiro atoms. The molecule has 160 valence electrons. The molecule has 3 aromatic carbocycles. The zero-order valence-corrected chi connectivity index (χ0v) is 18.9. The Morgan fingerprint density at radius 3 is 1.33 bits per heavy atom. The van der Waals surface area contributed by atoms with Crippen LogP contribution in [-0.2, 0) is 0 Å². The second-order valence-electron chi connectivity index (χ2n) is 8.59. The van der Waals surface area contributed by atoms with Gasteiger partial charge in [0.15, 0.2) is 0 Å². The summed E-state index contributed by atoms with van der Waals surface area (Å²) in [5.41, 5.74) is 10.4. The van der Waals surface area contributed by atoms with Crippen LogP contribution in [0.4, 0.5) is 0 Å². The molecule has 0 fully saturated rings. The first-order valence-corrected chi connectivity index (χ1v) is 11.4. The Morgan fingerprint density at radius 1 is 0.455 bits per heavy atom. The lowest BCUT2D eigenvalue weighted by Gasteiger charge is -2.14. The molecule has 0 bridgehead atoms. The molecule has 0 aliphatic carbocycles. The summed E-state index contributed by atoms with van der Waals surface area (Å²) >= 11 is 0. The molecule has 0 aliphatic heterocycles. The minimum atomic E-state index is 0.432. The van der Waals surface area contributed by atoms with Gasteiger partial charge in [-0.15, -0.1) is 0 Å². The third-order valence-electron chi connectivity index (χ3n) is 5.94. The van der Waals surface area contributed by atoms with E-state index in [9.17, 15) is 0 Å². The Balaban J connectivity index is 1.60. The number of rotatable bonds is 5. The van der Waals surface area contributed by atoms with Crippen LogP contribution in [0.1, 0.15) is 25.3 Å². The summed E-state index contributed by atoms with van der Waals surface area (Å²) in [5, 5.41) is 0. The maximum atomic E-state index is 4.53. The van der Waals surface area contributed by atoms with Crippen molar-refractivity contribution in [2.75, 3.05) is 0 Å². The Morgan fingerprint density at radius 2 is 0.909 bits per heavy atom. The highest BCUT2D eigenvalue weighted by Gasteiger charge is 2.10. The van der Waals surface area contributed by atoms with E-state index in [2.05, 4.69) is 103 Å². The van der Waals surface area contributed by atoms with Gasteiger partial charge in [-0.05, 0) is 76.2 Å². The molecule has 33 heavy (non-hydrogen) atoms. The van der Waals surface area contributed by atoms with Gasteiger partial charge in [0.25, 0.3) is 0 Å². The fourth-order valence-electron chi connectivity index (χ4n) is 4.10. The first kappa shape index (κ1) is 20.8. The van der Waals surface area contributed by atoms with Crippen LogP contribution >= 0.6 is 0 Å². The molecule has 5 aromatic rings. The highest BCUT2D eigenvalue weighted by Crippen LogP contribution is 2.34. The van der Waals surface area contributed by atoms with Crippen LogP contribution < -0.4 is 0 Å². The molecule has 0 radical (unpaired) electrons. The average molecular weight is 427 g/mol. The summed E-state index contributed by atoms with van der Waals surface area (Å²) < 4.78 is 0. The lowest BCUT2D eigenvalue weighted by Crippen LogP contribution is -1.92. The van der Waals surface area contributed by atoms with Gasteiger partial charge in [-0.3, -0.25) is 9.97 Å². The Hall–Kier alpha value is -4.04. The zero-order chi connectivity index (χ0) is 22.6. The summed E-state index contributed by atoms with van der Waals surface area (Å²) in [6.45, 7) is 4.50. The number of aromatic nitrogens is 2. The molecular weight excluding hydrogens is 400 g/mol. The van der Waals surface area contributed by atoms with Gasteiger partial charge >= 0.3 is 0 Å². The van der Waals surface area contributed by atoms with E-state index < -0.39 is 0 Å². The monoisotopic (exact) mass is 426 g/mol. The van der Waals surface area contributed by atoms with Gasteiger partial charge in [-0.2, -0.15) is 0 Å². The molecule has 0 atom stereocenters. The minimum absolute atomic E-state index is 0.432. The fourth-order valence-corrected chi connectivity index (χ4v) is 4.10. The van der Waals surface area contributed by atoms with Crippen LogP contribution in [0.25, 0.3) is 44.8 Å². The molecule has 2 heteroatoms. The van der Waals surface area contributed by atoms with Crippen LogP contribution in [0.15, 0.2) is 116 Å². The van der Waals surface area contributed by atoms with Crippen LogP contribution in [-0.4, -0.2) is 9.97 Å². The molecular formula is C31H26N2. The van der Waals surface area contributed by atoms with E-state index >= 15 is 0 Å². The van der Waals surface area contributed by atoms with E-state index in [0.717, 1.165) is 22.5 Å². The van der Waals surface area contributed by atoms with Gasteiger partial charge in [0.1, 0.15) is 0 Å². The second-order valence-corrected chi connectivity index (χ2v) is 8.59. The topological polar surface area (TPSA) is 25.8 Å². The summed E-state index contributed by atoms with van der Waals surface area (Å²) in [4.78, 5) is 9.05. The van der Waals surface area contributed by atoms with Crippen LogP contribution in [0.2, 0.25) is 0 Å². The Labute approximate surface area is 195 Å². The second kappa shape index (κ2) is 9.22. The lowest BCUT2D eigenvalue weighted by atomic mass is 9.91. The summed E-state index contributed by atoms with van der Waals surface area (Å²) in [6, 6.07) is 36.3. The first-order valence-electron chi connectivity index (χ1n) is 11.4. The Bertz CT molecular complexity index is 1270. The molecule has 2 heterocycles. The Kier molecular flexibility index (Phi) is 5.82. The van der Waals surface area contributed by atoms with E-state index in [1.807, 2.05) is 36.7 Å². The molecule has 0 aliphatic rings. The van der Waals surface area contributed by atoms with Gasteiger partial charge < -0.3 is 0 Å². The molecule has 0 unspecified atom stereocenters. The van der Waals surface area contributed by atoms with Crippen molar-refractivity contribution < 1.29 is 0 Å². The number of benzene rings is 3. The quantitative estimate of drug-likeness (QED) is 0.283. The molecule has 2 nitrogen and oxygen atoms in total. The largest absolute Gasteiger partial charge is 0.256 e. The normalized spacial score (nSPS) is 11.0. The number of nitrogens with zero attached hydrogens (tertiary/aromatic N) is 2. The summed E-state index contributed by atoms with van der Waals surface area (Å²) in [5.74, 6) is 0.432. The summed E-state index contributed by atoms with van der Waals surface area (Å²) in [6.07, 6.45) is 3.68. The standard InChI is InChI=1S/C31H26N2/c1-22(2)27-19-28(23-9-7-11-25(17-23)30-13-3-5-15-32-30)21-29(20-27)24-10-8-12-26(18-24)31-14-4-6-16-33-31/h3-22H,1-2H3. The van der Waals surface area contributed by atoms with Crippen molar-refractivity contribution in [3.05, 3.63) is 121 Å². The first-order chi connectivity index (χ1) is 16.2. The van der Waals surface area contributed by atoms with Gasteiger partial charge in [0.05, 0.1) is 11.4 Å². The predicted molar refractivity (Wildman–Crippen MR) is 138 cm³/mol. The van der Waals surface area contributed by atoms with Crippen molar-refractivity contribution >= 4 is 0 Å². The van der Waals surface area contributed by atoms with E-state index in [4.69, 9.17) is 0 Å². The van der Waals surface area contributed by atoms with Crippen LogP contribution in [0.3, 0.4) is 0 Å². The zero-order valence-electron chi connectivity index (χ0n) is 18.9. The molecule has 2 aromatic heterocycles. The lowest BCUT2D eigenvalue weighted by molar-refractivity contribution is 0.867. The van der Waals surface area contributed by atoms with E-state index in [0.29, 0.717) is 5.92 Å². The molecule has 0 saturated carbocycles. The maximum Gasteiger partial charge on any atom is 0.0702 e. The van der Waals surface area contributed by atoms with Gasteiger partial charge in [0, 0.05) is 23.5 Å². The molecule has 0 saturated heterocycles. The van der Waals surface area contributed by atoms with Crippen molar-refractivity contribution in [2.24, 2.45) is 0 Å². The highest BCUT2D eigenvalue weighted by atomic mass is 14.7. The smallest absolute Gasteiger partial charge is 0.0702 e. The van der Waals surface area contributed by atoms with Crippen LogP contribution in [0, 0.1) is 0 Å². The SMILES string of the molecule is CC(C)c1cc(-c2cccc(-c3ccccn3)c2)cc(-c2cccc(-c3ccccn3)c2)c1. The summed E-state index contributed by atoms with van der Waals surface area (Å²) in [7, 11) is 0. The van der Waals surface area contributed by atoms with E-state index in [1.165, 1.54) is 27.8 Å². The van der Waals surface area contributed by atoms with Gasteiger partial charge in [-0.1, -0.05) is 74.5 Å². The minimum Gasteiger partial charge on any atom is -0.256 e. The van der Waals surface area contributed by atoms with Crippen molar-refractivity contribution in [2.45, 2.75) is 19.8 Å². The van der Waals surface area contributed by atoms with Gasteiger partial charge in [0.2, 0.25) is 0 Å². The van der Waals surface area contributed by atoms with Crippen molar-refractivity contribution in [3.63, 3.8) is 0 Å². The average Bonchev–Trinajstić information content (AvgIpc) is 2.89. The van der Waals surface area contributed by atoms with Crippen molar-refractivity contribution in [3.8, 4) is 44.8 Å². The number of hydrogen-bond donors (Lipinski definition) is 0. The molecule has 5 rings (SSSR count). The molecule has 0 N–H and O–H groups in total. The third kappa shape index (κ3) is 4.61. The third-order valence-corrected chi connectivity index (χ3v) is 5.94. The number of pyridine rings is 2. The highest BCUT2D eigenvalue weighted by molar-refractivity contribution is 5.79. The van der Waals surface area contributed by atoms with Crippen LogP contribution in [0.5, 0.6) is 0 Å². The predicted octanol–water partition coefficient (Wildman–Crippen LogP) is 8.27. The van der Waals surface area contributed by atoms with Crippen molar-refractivity contribution in [1.82, 2.24) is 9.97 Å². The number of hydrogen-bond acceptors (Lipinski definition) is 2. The van der Waals surface area contributed by atoms with E-state index in [-0.39, 0.29) is 0 Å². The van der Waals surface area contributed by atoms with E-state index in [1.54, 1.807) is 0 Å². The maximum absolute atomic E-state index is 4.53.